The number of aliphatic hydroxyl groups is 1. The molecular weight excluding hydrogens is 450 g/mol. The number of hydrogen-bond acceptors (Lipinski definition) is 7. The zero-order chi connectivity index (χ0) is 23.1. The topological polar surface area (TPSA) is 67.2 Å². The van der Waals surface area contributed by atoms with Crippen LogP contribution in [0.1, 0.15) is 12.0 Å². The molecule has 0 bridgehead atoms. The zero-order valence-corrected chi connectivity index (χ0v) is 17.7. The molecule has 6 nitrogen and oxygen atoms in total. The minimum Gasteiger partial charge on any atom is -0.497 e. The van der Waals surface area contributed by atoms with E-state index < -0.39 is 24.1 Å². The SMILES string of the molecule is COc1ccc(C2=NN(c3nc(-c4ccc(F)cc4)cs3)[C@](O)(C(F)(F)F)C2)c(OC)c1. The highest BCUT2D eigenvalue weighted by molar-refractivity contribution is 7.14. The van der Waals surface area contributed by atoms with Gasteiger partial charge in [0.15, 0.2) is 0 Å². The van der Waals surface area contributed by atoms with Crippen LogP contribution in [0.25, 0.3) is 11.3 Å². The number of methoxy groups -OCH3 is 2. The first-order valence-corrected chi connectivity index (χ1v) is 10.1. The molecule has 0 radical (unpaired) electrons. The van der Waals surface area contributed by atoms with Crippen LogP contribution in [-0.2, 0) is 0 Å². The lowest BCUT2D eigenvalue weighted by Crippen LogP contribution is -2.55. The molecule has 1 N–H and O–H groups in total. The number of anilines is 1. The van der Waals surface area contributed by atoms with E-state index in [4.69, 9.17) is 9.47 Å². The Hall–Kier alpha value is -3.18. The maximum atomic E-state index is 14.0. The van der Waals surface area contributed by atoms with Crippen molar-refractivity contribution in [2.24, 2.45) is 5.10 Å². The van der Waals surface area contributed by atoms with Crippen LogP contribution in [0.5, 0.6) is 11.5 Å². The number of thiazole rings is 1. The van der Waals surface area contributed by atoms with Gasteiger partial charge in [-0.3, -0.25) is 0 Å². The number of aromatic nitrogens is 1. The highest BCUT2D eigenvalue weighted by Gasteiger charge is 2.62. The number of rotatable bonds is 5. The van der Waals surface area contributed by atoms with Gasteiger partial charge in [0.1, 0.15) is 17.3 Å². The number of ether oxygens (including phenoxy) is 2. The monoisotopic (exact) mass is 467 g/mol. The van der Waals surface area contributed by atoms with Crippen LogP contribution in [0.4, 0.5) is 22.7 Å². The first kappa shape index (κ1) is 22.0. The van der Waals surface area contributed by atoms with E-state index in [1.165, 1.54) is 56.0 Å². The summed E-state index contributed by atoms with van der Waals surface area (Å²) in [7, 11) is 2.82. The molecule has 3 aromatic rings. The Balaban J connectivity index is 1.77. The molecule has 0 saturated carbocycles. The standard InChI is InChI=1S/C21H17F4N3O3S/c1-30-14-7-8-15(18(9-14)31-2)16-10-20(29,21(23,24)25)28(27-16)19-26-17(11-32-19)12-3-5-13(22)6-4-12/h3-9,11,29H,10H2,1-2H3/t20-/m1/s1. The lowest BCUT2D eigenvalue weighted by molar-refractivity contribution is -0.254. The van der Waals surface area contributed by atoms with Gasteiger partial charge < -0.3 is 14.6 Å². The van der Waals surface area contributed by atoms with Crippen LogP contribution in [-0.4, -0.2) is 41.9 Å². The minimum absolute atomic E-state index is 0.0251. The summed E-state index contributed by atoms with van der Waals surface area (Å²) in [6.45, 7) is 0. The Morgan fingerprint density at radius 1 is 1.09 bits per heavy atom. The second-order valence-corrected chi connectivity index (χ2v) is 7.77. The third-order valence-corrected chi connectivity index (χ3v) is 5.79. The Labute approximate surface area is 184 Å². The normalized spacial score (nSPS) is 18.6. The molecule has 4 rings (SSSR count). The predicted molar refractivity (Wildman–Crippen MR) is 112 cm³/mol. The molecule has 0 saturated heterocycles. The first-order valence-electron chi connectivity index (χ1n) is 9.27. The van der Waals surface area contributed by atoms with Gasteiger partial charge in [0, 0.05) is 22.6 Å². The summed E-state index contributed by atoms with van der Waals surface area (Å²) in [5.74, 6) is 0.259. The summed E-state index contributed by atoms with van der Waals surface area (Å²) in [6, 6.07) is 9.97. The third-order valence-electron chi connectivity index (χ3n) is 4.97. The molecule has 0 aliphatic carbocycles. The van der Waals surface area contributed by atoms with E-state index in [2.05, 4.69) is 10.1 Å². The number of halogens is 4. The first-order chi connectivity index (χ1) is 15.2. The van der Waals surface area contributed by atoms with Gasteiger partial charge in [-0.2, -0.15) is 23.3 Å². The summed E-state index contributed by atoms with van der Waals surface area (Å²) in [5.41, 5.74) is -2.19. The van der Waals surface area contributed by atoms with Crippen molar-refractivity contribution < 1.29 is 32.1 Å². The van der Waals surface area contributed by atoms with Crippen LogP contribution >= 0.6 is 11.3 Å². The fourth-order valence-corrected chi connectivity index (χ4v) is 4.12. The average Bonchev–Trinajstić information content (AvgIpc) is 3.38. The van der Waals surface area contributed by atoms with Gasteiger partial charge in [0.05, 0.1) is 32.0 Å². The molecule has 1 aromatic heterocycles. The number of benzene rings is 2. The van der Waals surface area contributed by atoms with E-state index in [-0.39, 0.29) is 22.2 Å². The van der Waals surface area contributed by atoms with E-state index in [1.54, 1.807) is 6.07 Å². The van der Waals surface area contributed by atoms with E-state index in [0.717, 1.165) is 11.3 Å². The molecule has 1 aliphatic rings. The second-order valence-electron chi connectivity index (χ2n) is 6.94. The highest BCUT2D eigenvalue weighted by atomic mass is 32.1. The second kappa shape index (κ2) is 8.06. The van der Waals surface area contributed by atoms with Gasteiger partial charge in [0.2, 0.25) is 5.13 Å². The van der Waals surface area contributed by atoms with Crippen LogP contribution in [0.2, 0.25) is 0 Å². The van der Waals surface area contributed by atoms with Gasteiger partial charge in [-0.05, 0) is 36.4 Å². The molecular formula is C21H17F4N3O3S. The Morgan fingerprint density at radius 3 is 2.44 bits per heavy atom. The molecule has 0 unspecified atom stereocenters. The van der Waals surface area contributed by atoms with Crippen LogP contribution in [0, 0.1) is 5.82 Å². The largest absolute Gasteiger partial charge is 0.497 e. The number of alkyl halides is 3. The summed E-state index contributed by atoms with van der Waals surface area (Å²) in [4.78, 5) is 4.20. The minimum atomic E-state index is -5.03. The highest BCUT2D eigenvalue weighted by Crippen LogP contribution is 2.46. The van der Waals surface area contributed by atoms with Crippen molar-refractivity contribution in [3.63, 3.8) is 0 Å². The van der Waals surface area contributed by atoms with Crippen molar-refractivity contribution in [1.82, 2.24) is 4.98 Å². The molecule has 1 aliphatic heterocycles. The quantitative estimate of drug-likeness (QED) is 0.545. The number of hydrazone groups is 1. The summed E-state index contributed by atoms with van der Waals surface area (Å²) >= 11 is 0.880. The Kier molecular flexibility index (Phi) is 5.55. The maximum Gasteiger partial charge on any atom is 0.438 e. The lowest BCUT2D eigenvalue weighted by Gasteiger charge is -2.32. The van der Waals surface area contributed by atoms with Crippen LogP contribution in [0.15, 0.2) is 52.9 Å². The molecule has 168 valence electrons. The fourth-order valence-electron chi connectivity index (χ4n) is 3.27. The van der Waals surface area contributed by atoms with Crippen molar-refractivity contribution >= 4 is 22.2 Å². The molecule has 0 fully saturated rings. The van der Waals surface area contributed by atoms with Crippen molar-refractivity contribution in [3.8, 4) is 22.8 Å². The summed E-state index contributed by atoms with van der Waals surface area (Å²) < 4.78 is 65.5. The third kappa shape index (κ3) is 3.78. The Morgan fingerprint density at radius 2 is 1.81 bits per heavy atom. The fraction of sp³-hybridized carbons (Fsp3) is 0.238. The predicted octanol–water partition coefficient (Wildman–Crippen LogP) is 4.83. The molecule has 2 heterocycles. The number of hydrogen-bond donors (Lipinski definition) is 1. The van der Waals surface area contributed by atoms with Crippen molar-refractivity contribution in [3.05, 3.63) is 59.2 Å². The van der Waals surface area contributed by atoms with E-state index >= 15 is 0 Å². The summed E-state index contributed by atoms with van der Waals surface area (Å²) in [5, 5.41) is 16.6. The van der Waals surface area contributed by atoms with Crippen LogP contribution < -0.4 is 14.5 Å². The molecule has 2 aromatic carbocycles. The molecule has 11 heteroatoms. The number of nitrogens with zero attached hydrogens (tertiary/aromatic N) is 3. The smallest absolute Gasteiger partial charge is 0.438 e. The molecule has 0 amide bonds. The van der Waals surface area contributed by atoms with Gasteiger partial charge >= 0.3 is 6.18 Å². The van der Waals surface area contributed by atoms with E-state index in [1.807, 2.05) is 0 Å². The lowest BCUT2D eigenvalue weighted by atomic mass is 10.00. The van der Waals surface area contributed by atoms with Crippen LogP contribution in [0.3, 0.4) is 0 Å². The molecule has 0 spiro atoms. The Bertz CT molecular complexity index is 1160. The van der Waals surface area contributed by atoms with Crippen molar-refractivity contribution in [1.29, 1.82) is 0 Å². The van der Waals surface area contributed by atoms with E-state index in [9.17, 15) is 22.7 Å². The zero-order valence-electron chi connectivity index (χ0n) is 16.9. The van der Waals surface area contributed by atoms with Gasteiger partial charge in [-0.15, -0.1) is 11.3 Å². The summed E-state index contributed by atoms with van der Waals surface area (Å²) in [6.07, 6.45) is -5.86. The molecule has 32 heavy (non-hydrogen) atoms. The van der Waals surface area contributed by atoms with Gasteiger partial charge in [-0.25, -0.2) is 9.37 Å². The van der Waals surface area contributed by atoms with Gasteiger partial charge in [-0.1, -0.05) is 0 Å². The average molecular weight is 467 g/mol. The van der Waals surface area contributed by atoms with Crippen molar-refractivity contribution in [2.75, 3.05) is 19.2 Å². The van der Waals surface area contributed by atoms with Gasteiger partial charge in [0.25, 0.3) is 5.72 Å². The van der Waals surface area contributed by atoms with E-state index in [0.29, 0.717) is 22.0 Å². The molecule has 1 atom stereocenters. The van der Waals surface area contributed by atoms with Crippen molar-refractivity contribution in [2.45, 2.75) is 18.3 Å². The maximum absolute atomic E-state index is 14.0.